The predicted molar refractivity (Wildman–Crippen MR) is 155 cm³/mol. The van der Waals surface area contributed by atoms with Gasteiger partial charge in [0.05, 0.1) is 12.9 Å². The molecule has 10 heteroatoms. The molecule has 0 bridgehead atoms. The summed E-state index contributed by atoms with van der Waals surface area (Å²) in [4.78, 5) is 32.1. The van der Waals surface area contributed by atoms with Crippen LogP contribution in [0.5, 0.6) is 5.75 Å². The predicted octanol–water partition coefficient (Wildman–Crippen LogP) is 3.01. The van der Waals surface area contributed by atoms with Crippen molar-refractivity contribution >= 4 is 27.5 Å². The number of piperidine rings is 1. The Morgan fingerprint density at radius 1 is 0.900 bits per heavy atom. The summed E-state index contributed by atoms with van der Waals surface area (Å²) in [6.07, 6.45) is 6.07. The molecule has 2 aromatic rings. The summed E-state index contributed by atoms with van der Waals surface area (Å²) < 4.78 is 30.7. The second kappa shape index (κ2) is 12.7. The number of aryl methyl sites for hydroxylation is 1. The number of carbonyl (C=O) groups is 2. The van der Waals surface area contributed by atoms with E-state index < -0.39 is 10.0 Å². The first kappa shape index (κ1) is 28.6. The summed E-state index contributed by atoms with van der Waals surface area (Å²) >= 11 is 0. The molecule has 5 rings (SSSR count). The highest BCUT2D eigenvalue weighted by Crippen LogP contribution is 2.32. The smallest absolute Gasteiger partial charge is 0.253 e. The van der Waals surface area contributed by atoms with Crippen molar-refractivity contribution < 1.29 is 22.7 Å². The Bertz CT molecular complexity index is 1280. The van der Waals surface area contributed by atoms with Crippen LogP contribution in [0.3, 0.4) is 0 Å². The topological polar surface area (TPSA) is 90.5 Å². The number of fused-ring (bicyclic) bond motifs is 1. The molecule has 2 aromatic carbocycles. The van der Waals surface area contributed by atoms with Crippen LogP contribution in [0, 0.1) is 0 Å². The van der Waals surface area contributed by atoms with Gasteiger partial charge >= 0.3 is 0 Å². The normalized spacial score (nSPS) is 19.5. The SMILES string of the molecule is CS(=O)(=O)N1CCN(CCCCOc2ccc(C(=O)N3CCC(N4C(=O)CCc5ccccc54)CC3)cc2)CC1. The Hall–Kier alpha value is -2.95. The lowest BCUT2D eigenvalue weighted by molar-refractivity contribution is -0.119. The molecular formula is C30H40N4O5S. The number of ether oxygens (including phenoxy) is 1. The number of likely N-dealkylation sites (tertiary alicyclic amines) is 1. The minimum absolute atomic E-state index is 0.0198. The van der Waals surface area contributed by atoms with E-state index in [1.807, 2.05) is 52.3 Å². The minimum Gasteiger partial charge on any atom is -0.494 e. The zero-order chi connectivity index (χ0) is 28.1. The van der Waals surface area contributed by atoms with E-state index in [4.69, 9.17) is 4.74 Å². The number of benzene rings is 2. The highest BCUT2D eigenvalue weighted by Gasteiger charge is 2.33. The van der Waals surface area contributed by atoms with Gasteiger partial charge in [0.1, 0.15) is 5.75 Å². The second-order valence-electron chi connectivity index (χ2n) is 11.0. The number of sulfonamides is 1. The zero-order valence-electron chi connectivity index (χ0n) is 23.3. The van der Waals surface area contributed by atoms with Gasteiger partial charge in [-0.15, -0.1) is 0 Å². The van der Waals surface area contributed by atoms with E-state index in [0.717, 1.165) is 63.2 Å². The molecule has 40 heavy (non-hydrogen) atoms. The molecule has 2 saturated heterocycles. The number of amides is 2. The van der Waals surface area contributed by atoms with Gasteiger partial charge in [-0.3, -0.25) is 9.59 Å². The average Bonchev–Trinajstić information content (AvgIpc) is 2.97. The van der Waals surface area contributed by atoms with Crippen LogP contribution in [0.1, 0.15) is 48.0 Å². The molecule has 9 nitrogen and oxygen atoms in total. The molecule has 0 saturated carbocycles. The van der Waals surface area contributed by atoms with Gasteiger partial charge in [-0.25, -0.2) is 8.42 Å². The number of para-hydroxylation sites is 1. The number of carbonyl (C=O) groups excluding carboxylic acids is 2. The number of nitrogens with zero attached hydrogens (tertiary/aromatic N) is 4. The molecule has 3 heterocycles. The van der Waals surface area contributed by atoms with Crippen molar-refractivity contribution in [1.29, 1.82) is 0 Å². The molecule has 0 aromatic heterocycles. The quantitative estimate of drug-likeness (QED) is 0.432. The van der Waals surface area contributed by atoms with Crippen LogP contribution in [0.4, 0.5) is 5.69 Å². The summed E-state index contributed by atoms with van der Waals surface area (Å²) in [5.74, 6) is 0.956. The molecule has 0 unspecified atom stereocenters. The van der Waals surface area contributed by atoms with Gasteiger partial charge in [0, 0.05) is 63.0 Å². The number of unbranched alkanes of at least 4 members (excludes halogenated alkanes) is 1. The third kappa shape index (κ3) is 6.85. The van der Waals surface area contributed by atoms with Gasteiger partial charge in [0.2, 0.25) is 15.9 Å². The fraction of sp³-hybridized carbons (Fsp3) is 0.533. The number of piperazine rings is 1. The molecule has 2 fully saturated rings. The number of hydrogen-bond acceptors (Lipinski definition) is 6. The molecule has 0 radical (unpaired) electrons. The van der Waals surface area contributed by atoms with Gasteiger partial charge in [0.25, 0.3) is 5.91 Å². The maximum absolute atomic E-state index is 13.1. The van der Waals surface area contributed by atoms with Crippen molar-refractivity contribution in [2.24, 2.45) is 0 Å². The van der Waals surface area contributed by atoms with E-state index in [-0.39, 0.29) is 17.9 Å². The number of anilines is 1. The first-order valence-corrected chi connectivity index (χ1v) is 16.2. The van der Waals surface area contributed by atoms with Crippen LogP contribution >= 0.6 is 0 Å². The first-order valence-electron chi connectivity index (χ1n) is 14.4. The highest BCUT2D eigenvalue weighted by molar-refractivity contribution is 7.88. The Labute approximate surface area is 237 Å². The first-order chi connectivity index (χ1) is 19.3. The molecule has 0 atom stereocenters. The highest BCUT2D eigenvalue weighted by atomic mass is 32.2. The van der Waals surface area contributed by atoms with Crippen LogP contribution in [0.15, 0.2) is 48.5 Å². The van der Waals surface area contributed by atoms with Crippen molar-refractivity contribution in [1.82, 2.24) is 14.1 Å². The largest absolute Gasteiger partial charge is 0.494 e. The lowest BCUT2D eigenvalue weighted by Gasteiger charge is -2.41. The molecule has 3 aliphatic heterocycles. The van der Waals surface area contributed by atoms with Crippen molar-refractivity contribution in [3.8, 4) is 5.75 Å². The summed E-state index contributed by atoms with van der Waals surface area (Å²) in [5, 5.41) is 0. The number of rotatable bonds is 9. The second-order valence-corrected chi connectivity index (χ2v) is 13.0. The summed E-state index contributed by atoms with van der Waals surface area (Å²) in [5.41, 5.74) is 2.91. The number of hydrogen-bond donors (Lipinski definition) is 0. The molecule has 2 amide bonds. The van der Waals surface area contributed by atoms with E-state index in [1.54, 1.807) is 4.31 Å². The summed E-state index contributed by atoms with van der Waals surface area (Å²) in [7, 11) is -3.09. The van der Waals surface area contributed by atoms with Gasteiger partial charge in [-0.1, -0.05) is 18.2 Å². The molecular weight excluding hydrogens is 528 g/mol. The van der Waals surface area contributed by atoms with E-state index >= 15 is 0 Å². The third-order valence-corrected chi connectivity index (χ3v) is 9.59. The summed E-state index contributed by atoms with van der Waals surface area (Å²) in [6, 6.07) is 15.7. The molecule has 216 valence electrons. The molecule has 3 aliphatic rings. The third-order valence-electron chi connectivity index (χ3n) is 8.28. The summed E-state index contributed by atoms with van der Waals surface area (Å²) in [6.45, 7) is 5.47. The minimum atomic E-state index is -3.09. The maximum Gasteiger partial charge on any atom is 0.253 e. The van der Waals surface area contributed by atoms with E-state index in [2.05, 4.69) is 11.0 Å². The zero-order valence-corrected chi connectivity index (χ0v) is 24.2. The van der Waals surface area contributed by atoms with Crippen LogP contribution < -0.4 is 9.64 Å². The van der Waals surface area contributed by atoms with Crippen molar-refractivity contribution in [2.75, 3.05) is 63.6 Å². The van der Waals surface area contributed by atoms with Crippen LogP contribution in [-0.2, 0) is 21.2 Å². The lowest BCUT2D eigenvalue weighted by Crippen LogP contribution is -2.50. The fourth-order valence-corrected chi connectivity index (χ4v) is 6.80. The Balaban J connectivity index is 1.03. The van der Waals surface area contributed by atoms with E-state index in [1.165, 1.54) is 11.8 Å². The van der Waals surface area contributed by atoms with Crippen molar-refractivity contribution in [2.45, 2.75) is 44.6 Å². The fourth-order valence-electron chi connectivity index (χ4n) is 5.97. The van der Waals surface area contributed by atoms with Crippen LogP contribution in [0.25, 0.3) is 0 Å². The van der Waals surface area contributed by atoms with Crippen molar-refractivity contribution in [3.05, 3.63) is 59.7 Å². The molecule has 0 spiro atoms. The Kier molecular flexibility index (Phi) is 9.07. The van der Waals surface area contributed by atoms with Gasteiger partial charge in [-0.05, 0) is 74.5 Å². The standard InChI is InChI=1S/C30H40N4O5S/c1-40(37,38)33-21-19-31(20-22-33)16-4-5-23-39-27-11-8-25(9-12-27)30(36)32-17-14-26(15-18-32)34-28-7-3-2-6-24(28)10-13-29(34)35/h2-3,6-9,11-12,26H,4-5,10,13-23H2,1H3. The van der Waals surface area contributed by atoms with E-state index in [0.29, 0.717) is 44.8 Å². The van der Waals surface area contributed by atoms with Crippen molar-refractivity contribution in [3.63, 3.8) is 0 Å². The monoisotopic (exact) mass is 568 g/mol. The van der Waals surface area contributed by atoms with E-state index in [9.17, 15) is 18.0 Å². The molecule has 0 aliphatic carbocycles. The Morgan fingerprint density at radius 2 is 1.60 bits per heavy atom. The lowest BCUT2D eigenvalue weighted by atomic mass is 9.95. The Morgan fingerprint density at radius 3 is 2.30 bits per heavy atom. The van der Waals surface area contributed by atoms with Crippen LogP contribution in [0.2, 0.25) is 0 Å². The van der Waals surface area contributed by atoms with Crippen LogP contribution in [-0.4, -0.2) is 99.1 Å². The molecule has 0 N–H and O–H groups in total. The average molecular weight is 569 g/mol. The maximum atomic E-state index is 13.1. The van der Waals surface area contributed by atoms with Gasteiger partial charge in [-0.2, -0.15) is 4.31 Å². The van der Waals surface area contributed by atoms with Gasteiger partial charge < -0.3 is 19.4 Å². The van der Waals surface area contributed by atoms with Gasteiger partial charge in [0.15, 0.2) is 0 Å².